The van der Waals surface area contributed by atoms with Crippen molar-refractivity contribution in [3.8, 4) is 0 Å². The lowest BCUT2D eigenvalue weighted by molar-refractivity contribution is -0.126. The van der Waals surface area contributed by atoms with Crippen LogP contribution in [0.5, 0.6) is 0 Å². The highest BCUT2D eigenvalue weighted by molar-refractivity contribution is 7.88. The number of nitrogens with zero attached hydrogens (tertiary/aromatic N) is 1. The Morgan fingerprint density at radius 2 is 2.12 bits per heavy atom. The molecule has 1 amide bonds. The standard InChI is InChI=1S/C11H22N2O3S/c1-4-9(2)12-11(14)10-7-5-6-8-13(10)17(3,15)16/h9-10H,4-8H2,1-3H3,(H,12,14)/t9-,10+/m1/s1. The number of piperidine rings is 1. The number of nitrogens with one attached hydrogen (secondary N) is 1. The van der Waals surface area contributed by atoms with E-state index >= 15 is 0 Å². The van der Waals surface area contributed by atoms with Gasteiger partial charge in [-0.25, -0.2) is 8.42 Å². The van der Waals surface area contributed by atoms with Crippen LogP contribution in [-0.2, 0) is 14.8 Å². The summed E-state index contributed by atoms with van der Waals surface area (Å²) >= 11 is 0. The van der Waals surface area contributed by atoms with E-state index in [9.17, 15) is 13.2 Å². The third-order valence-corrected chi connectivity index (χ3v) is 4.47. The number of amides is 1. The summed E-state index contributed by atoms with van der Waals surface area (Å²) < 4.78 is 24.5. The molecule has 1 aliphatic rings. The minimum atomic E-state index is -3.29. The van der Waals surface area contributed by atoms with Crippen LogP contribution in [0.25, 0.3) is 0 Å². The van der Waals surface area contributed by atoms with Gasteiger partial charge in [0.2, 0.25) is 15.9 Å². The Labute approximate surface area is 104 Å². The number of sulfonamides is 1. The van der Waals surface area contributed by atoms with Gasteiger partial charge in [-0.15, -0.1) is 0 Å². The van der Waals surface area contributed by atoms with E-state index in [4.69, 9.17) is 0 Å². The molecule has 1 heterocycles. The maximum Gasteiger partial charge on any atom is 0.238 e. The van der Waals surface area contributed by atoms with Crippen molar-refractivity contribution in [2.24, 2.45) is 0 Å². The highest BCUT2D eigenvalue weighted by Crippen LogP contribution is 2.20. The van der Waals surface area contributed by atoms with Crippen molar-refractivity contribution < 1.29 is 13.2 Å². The van der Waals surface area contributed by atoms with Crippen LogP contribution >= 0.6 is 0 Å². The maximum absolute atomic E-state index is 12.0. The minimum absolute atomic E-state index is 0.0887. The van der Waals surface area contributed by atoms with Crippen LogP contribution in [0.1, 0.15) is 39.5 Å². The molecule has 0 aromatic heterocycles. The summed E-state index contributed by atoms with van der Waals surface area (Å²) in [5.41, 5.74) is 0. The van der Waals surface area contributed by atoms with E-state index in [2.05, 4.69) is 5.32 Å². The smallest absolute Gasteiger partial charge is 0.238 e. The highest BCUT2D eigenvalue weighted by Gasteiger charge is 2.34. The molecule has 0 bridgehead atoms. The summed E-state index contributed by atoms with van der Waals surface area (Å²) in [5, 5.41) is 2.86. The number of rotatable bonds is 4. The summed E-state index contributed by atoms with van der Waals surface area (Å²) in [7, 11) is -3.29. The molecule has 1 rings (SSSR count). The molecule has 1 aliphatic heterocycles. The molecule has 100 valence electrons. The fourth-order valence-corrected chi connectivity index (χ4v) is 3.13. The van der Waals surface area contributed by atoms with E-state index < -0.39 is 16.1 Å². The molecular weight excluding hydrogens is 240 g/mol. The topological polar surface area (TPSA) is 66.5 Å². The molecule has 1 N–H and O–H groups in total. The number of carbonyl (C=O) groups excluding carboxylic acids is 1. The summed E-state index contributed by atoms with van der Waals surface area (Å²) in [6.07, 6.45) is 4.37. The zero-order valence-corrected chi connectivity index (χ0v) is 11.6. The zero-order valence-electron chi connectivity index (χ0n) is 10.8. The first kappa shape index (κ1) is 14.4. The monoisotopic (exact) mass is 262 g/mol. The Kier molecular flexibility index (Phi) is 4.94. The Bertz CT molecular complexity index is 367. The van der Waals surface area contributed by atoms with Gasteiger partial charge in [-0.3, -0.25) is 4.79 Å². The van der Waals surface area contributed by atoms with Gasteiger partial charge in [0, 0.05) is 12.6 Å². The number of hydrogen-bond donors (Lipinski definition) is 1. The summed E-state index contributed by atoms with van der Waals surface area (Å²) in [6.45, 7) is 4.36. The van der Waals surface area contributed by atoms with E-state index in [0.717, 1.165) is 19.3 Å². The van der Waals surface area contributed by atoms with Crippen molar-refractivity contribution in [2.45, 2.75) is 51.6 Å². The molecule has 2 atom stereocenters. The second-order valence-corrected chi connectivity index (χ2v) is 6.64. The fraction of sp³-hybridized carbons (Fsp3) is 0.909. The van der Waals surface area contributed by atoms with E-state index in [1.165, 1.54) is 10.6 Å². The van der Waals surface area contributed by atoms with Crippen molar-refractivity contribution in [3.63, 3.8) is 0 Å². The van der Waals surface area contributed by atoms with Gasteiger partial charge in [0.05, 0.1) is 6.26 Å². The number of hydrogen-bond acceptors (Lipinski definition) is 3. The quantitative estimate of drug-likeness (QED) is 0.811. The molecule has 0 aromatic carbocycles. The van der Waals surface area contributed by atoms with Crippen LogP contribution in [-0.4, -0.2) is 43.5 Å². The first-order chi connectivity index (χ1) is 7.86. The second-order valence-electron chi connectivity index (χ2n) is 4.70. The van der Waals surface area contributed by atoms with Gasteiger partial charge in [0.1, 0.15) is 6.04 Å². The lowest BCUT2D eigenvalue weighted by atomic mass is 10.0. The van der Waals surface area contributed by atoms with Crippen molar-refractivity contribution >= 4 is 15.9 Å². The fourth-order valence-electron chi connectivity index (χ4n) is 2.01. The Balaban J connectivity index is 2.75. The van der Waals surface area contributed by atoms with Gasteiger partial charge in [-0.05, 0) is 26.2 Å². The Morgan fingerprint density at radius 1 is 1.47 bits per heavy atom. The molecule has 0 saturated carbocycles. The van der Waals surface area contributed by atoms with Gasteiger partial charge < -0.3 is 5.32 Å². The lowest BCUT2D eigenvalue weighted by Crippen LogP contribution is -2.52. The molecular formula is C11H22N2O3S. The molecule has 17 heavy (non-hydrogen) atoms. The lowest BCUT2D eigenvalue weighted by Gasteiger charge is -2.33. The first-order valence-corrected chi connectivity index (χ1v) is 7.98. The van der Waals surface area contributed by atoms with E-state index in [-0.39, 0.29) is 11.9 Å². The van der Waals surface area contributed by atoms with Crippen LogP contribution in [0.15, 0.2) is 0 Å². The van der Waals surface area contributed by atoms with Crippen LogP contribution in [0.4, 0.5) is 0 Å². The van der Waals surface area contributed by atoms with Crippen molar-refractivity contribution in [1.29, 1.82) is 0 Å². The van der Waals surface area contributed by atoms with Crippen molar-refractivity contribution in [3.05, 3.63) is 0 Å². The normalized spacial score (nSPS) is 24.3. The predicted molar refractivity (Wildman–Crippen MR) is 67.1 cm³/mol. The molecule has 1 saturated heterocycles. The average Bonchev–Trinajstić information content (AvgIpc) is 2.27. The Hall–Kier alpha value is -0.620. The van der Waals surface area contributed by atoms with Crippen LogP contribution in [0.2, 0.25) is 0 Å². The van der Waals surface area contributed by atoms with Crippen LogP contribution in [0.3, 0.4) is 0 Å². The summed E-state index contributed by atoms with van der Waals surface area (Å²) in [5.74, 6) is -0.163. The first-order valence-electron chi connectivity index (χ1n) is 6.13. The molecule has 0 aliphatic carbocycles. The van der Waals surface area contributed by atoms with E-state index in [0.29, 0.717) is 13.0 Å². The third kappa shape index (κ3) is 3.96. The predicted octanol–water partition coefficient (Wildman–Crippen LogP) is 0.715. The zero-order chi connectivity index (χ0) is 13.1. The van der Waals surface area contributed by atoms with Gasteiger partial charge in [0.25, 0.3) is 0 Å². The molecule has 1 fully saturated rings. The molecule has 5 nitrogen and oxygen atoms in total. The van der Waals surface area contributed by atoms with Crippen LogP contribution < -0.4 is 5.32 Å². The van der Waals surface area contributed by atoms with Crippen molar-refractivity contribution in [2.75, 3.05) is 12.8 Å². The molecule has 6 heteroatoms. The van der Waals surface area contributed by atoms with Crippen molar-refractivity contribution in [1.82, 2.24) is 9.62 Å². The molecule has 0 radical (unpaired) electrons. The van der Waals surface area contributed by atoms with Gasteiger partial charge in [0.15, 0.2) is 0 Å². The third-order valence-electron chi connectivity index (χ3n) is 3.18. The summed E-state index contributed by atoms with van der Waals surface area (Å²) in [6, 6.07) is -0.432. The summed E-state index contributed by atoms with van der Waals surface area (Å²) in [4.78, 5) is 12.0. The van der Waals surface area contributed by atoms with Gasteiger partial charge >= 0.3 is 0 Å². The molecule has 0 unspecified atom stereocenters. The molecule has 0 aromatic rings. The van der Waals surface area contributed by atoms with E-state index in [1.807, 2.05) is 13.8 Å². The maximum atomic E-state index is 12.0. The number of carbonyl (C=O) groups is 1. The van der Waals surface area contributed by atoms with Gasteiger partial charge in [-0.1, -0.05) is 13.3 Å². The van der Waals surface area contributed by atoms with Gasteiger partial charge in [-0.2, -0.15) is 4.31 Å². The largest absolute Gasteiger partial charge is 0.352 e. The SMILES string of the molecule is CC[C@@H](C)NC(=O)[C@@H]1CCCCN1S(C)(=O)=O. The highest BCUT2D eigenvalue weighted by atomic mass is 32.2. The van der Waals surface area contributed by atoms with E-state index in [1.54, 1.807) is 0 Å². The minimum Gasteiger partial charge on any atom is -0.352 e. The Morgan fingerprint density at radius 3 is 2.65 bits per heavy atom. The average molecular weight is 262 g/mol. The second kappa shape index (κ2) is 5.82. The van der Waals surface area contributed by atoms with Crippen LogP contribution in [0, 0.1) is 0 Å². The molecule has 0 spiro atoms.